The van der Waals surface area contributed by atoms with E-state index >= 15 is 0 Å². The highest BCUT2D eigenvalue weighted by molar-refractivity contribution is 8.01. The number of amides is 2. The number of aryl methyl sites for hydroxylation is 1. The number of hydrogen-bond donors (Lipinski definition) is 2. The summed E-state index contributed by atoms with van der Waals surface area (Å²) < 4.78 is 11.7. The summed E-state index contributed by atoms with van der Waals surface area (Å²) in [5, 5.41) is 3.15. The highest BCUT2D eigenvalue weighted by Gasteiger charge is 2.23. The molecule has 3 heterocycles. The highest BCUT2D eigenvalue weighted by Crippen LogP contribution is 2.38. The minimum Gasteiger partial charge on any atom is -0.496 e. The standard InChI is InChI=1S/C22H22N4O5S2/c1-13-9-17(30-2)15(21(29)26-5-7-31-8-6-26)10-18(13)32-19-11-23-22(33-19)25-20(28)16-4-3-14(12-27)24-16/h3-4,9-12,24H,5-8H2,1-2H3,(H,23,25,28). The monoisotopic (exact) mass is 486 g/mol. The number of nitrogens with one attached hydrogen (secondary N) is 2. The van der Waals surface area contributed by atoms with E-state index in [1.807, 2.05) is 19.1 Å². The average Bonchev–Trinajstić information content (AvgIpc) is 3.49. The van der Waals surface area contributed by atoms with Crippen LogP contribution in [0.25, 0.3) is 0 Å². The molecule has 4 rings (SSSR count). The topological polar surface area (TPSA) is 114 Å². The van der Waals surface area contributed by atoms with Crippen molar-refractivity contribution in [2.45, 2.75) is 16.0 Å². The number of morpholine rings is 1. The zero-order chi connectivity index (χ0) is 23.4. The van der Waals surface area contributed by atoms with Crippen LogP contribution in [0.1, 0.15) is 36.9 Å². The van der Waals surface area contributed by atoms with Crippen molar-refractivity contribution >= 4 is 46.3 Å². The summed E-state index contributed by atoms with van der Waals surface area (Å²) in [6.07, 6.45) is 2.31. The van der Waals surface area contributed by atoms with E-state index in [4.69, 9.17) is 9.47 Å². The van der Waals surface area contributed by atoms with Crippen LogP contribution in [0.15, 0.2) is 39.6 Å². The molecule has 1 aliphatic heterocycles. The molecule has 2 aromatic heterocycles. The zero-order valence-corrected chi connectivity index (χ0v) is 19.7. The van der Waals surface area contributed by atoms with E-state index < -0.39 is 0 Å². The van der Waals surface area contributed by atoms with Crippen molar-refractivity contribution in [3.8, 4) is 5.75 Å². The molecular weight excluding hydrogens is 464 g/mol. The Morgan fingerprint density at radius 3 is 2.79 bits per heavy atom. The maximum absolute atomic E-state index is 13.1. The molecule has 0 bridgehead atoms. The zero-order valence-electron chi connectivity index (χ0n) is 18.0. The molecule has 1 saturated heterocycles. The average molecular weight is 487 g/mol. The van der Waals surface area contributed by atoms with Crippen LogP contribution in [0, 0.1) is 6.92 Å². The number of nitrogens with zero attached hydrogens (tertiary/aromatic N) is 2. The summed E-state index contributed by atoms with van der Waals surface area (Å²) in [5.41, 5.74) is 2.07. The van der Waals surface area contributed by atoms with E-state index in [2.05, 4.69) is 15.3 Å². The molecule has 2 N–H and O–H groups in total. The Balaban J connectivity index is 1.50. The van der Waals surface area contributed by atoms with Crippen LogP contribution < -0.4 is 10.1 Å². The number of carbonyl (C=O) groups excluding carboxylic acids is 3. The molecular formula is C22H22N4O5S2. The van der Waals surface area contributed by atoms with Gasteiger partial charge in [-0.15, -0.1) is 0 Å². The molecule has 0 radical (unpaired) electrons. The smallest absolute Gasteiger partial charge is 0.273 e. The Hall–Kier alpha value is -3.15. The molecule has 3 aromatic rings. The molecule has 1 aromatic carbocycles. The molecule has 172 valence electrons. The summed E-state index contributed by atoms with van der Waals surface area (Å²) in [4.78, 5) is 45.9. The van der Waals surface area contributed by atoms with Crippen molar-refractivity contribution in [1.82, 2.24) is 14.9 Å². The number of aromatic amines is 1. The highest BCUT2D eigenvalue weighted by atomic mass is 32.2. The predicted octanol–water partition coefficient (Wildman–Crippen LogP) is 3.48. The summed E-state index contributed by atoms with van der Waals surface area (Å²) in [6, 6.07) is 6.77. The summed E-state index contributed by atoms with van der Waals surface area (Å²) >= 11 is 2.78. The maximum atomic E-state index is 13.1. The number of aldehydes is 1. The Morgan fingerprint density at radius 2 is 2.09 bits per heavy atom. The lowest BCUT2D eigenvalue weighted by molar-refractivity contribution is 0.0300. The SMILES string of the molecule is COc1cc(C)c(Sc2cnc(NC(=O)c3ccc(C=O)[nH]3)s2)cc1C(=O)N1CCOCC1. The van der Waals surface area contributed by atoms with Crippen molar-refractivity contribution in [3.05, 3.63) is 53.0 Å². The van der Waals surface area contributed by atoms with Crippen LogP contribution in [-0.2, 0) is 4.74 Å². The molecule has 1 fully saturated rings. The van der Waals surface area contributed by atoms with Gasteiger partial charge in [0.05, 0.1) is 42.0 Å². The molecule has 0 spiro atoms. The number of aromatic nitrogens is 2. The summed E-state index contributed by atoms with van der Waals surface area (Å²) in [6.45, 7) is 4.09. The van der Waals surface area contributed by atoms with Gasteiger partial charge < -0.3 is 19.4 Å². The van der Waals surface area contributed by atoms with Crippen LogP contribution in [0.5, 0.6) is 5.75 Å². The van der Waals surface area contributed by atoms with Gasteiger partial charge in [0.1, 0.15) is 11.4 Å². The van der Waals surface area contributed by atoms with E-state index in [-0.39, 0.29) is 17.5 Å². The Morgan fingerprint density at radius 1 is 1.30 bits per heavy atom. The molecule has 0 atom stereocenters. The van der Waals surface area contributed by atoms with Gasteiger partial charge in [-0.1, -0.05) is 23.1 Å². The normalized spacial score (nSPS) is 13.6. The first-order chi connectivity index (χ1) is 16.0. The second-order valence-corrected chi connectivity index (χ2v) is 9.58. The van der Waals surface area contributed by atoms with Gasteiger partial charge in [0.25, 0.3) is 11.8 Å². The molecule has 2 amide bonds. The Labute approximate surface area is 198 Å². The second kappa shape index (κ2) is 10.2. The van der Waals surface area contributed by atoms with Crippen LogP contribution in [0.2, 0.25) is 0 Å². The number of benzene rings is 1. The fraction of sp³-hybridized carbons (Fsp3) is 0.273. The first-order valence-corrected chi connectivity index (χ1v) is 11.8. The van der Waals surface area contributed by atoms with Gasteiger partial charge >= 0.3 is 0 Å². The van der Waals surface area contributed by atoms with E-state index in [9.17, 15) is 14.4 Å². The summed E-state index contributed by atoms with van der Waals surface area (Å²) in [5.74, 6) is 0.0640. The number of hydrogen-bond acceptors (Lipinski definition) is 8. The number of thiazole rings is 1. The van der Waals surface area contributed by atoms with Crippen molar-refractivity contribution in [1.29, 1.82) is 0 Å². The van der Waals surface area contributed by atoms with Crippen LogP contribution in [0.4, 0.5) is 5.13 Å². The van der Waals surface area contributed by atoms with Gasteiger partial charge in [-0.3, -0.25) is 19.7 Å². The molecule has 1 aliphatic rings. The Kier molecular flexibility index (Phi) is 7.11. The van der Waals surface area contributed by atoms with E-state index in [1.165, 1.54) is 35.2 Å². The van der Waals surface area contributed by atoms with E-state index in [0.717, 1.165) is 14.7 Å². The van der Waals surface area contributed by atoms with Gasteiger partial charge in [0, 0.05) is 18.0 Å². The minimum atomic E-state index is -0.381. The van der Waals surface area contributed by atoms with Crippen molar-refractivity contribution in [2.75, 3.05) is 38.7 Å². The van der Waals surface area contributed by atoms with Gasteiger partial charge in [-0.05, 0) is 36.8 Å². The van der Waals surface area contributed by atoms with Crippen molar-refractivity contribution in [2.24, 2.45) is 0 Å². The fourth-order valence-electron chi connectivity index (χ4n) is 3.29. The van der Waals surface area contributed by atoms with E-state index in [0.29, 0.717) is 54.7 Å². The van der Waals surface area contributed by atoms with Crippen LogP contribution in [-0.4, -0.2) is 66.4 Å². The largest absolute Gasteiger partial charge is 0.496 e. The van der Waals surface area contributed by atoms with Crippen LogP contribution in [0.3, 0.4) is 0 Å². The maximum Gasteiger partial charge on any atom is 0.273 e. The van der Waals surface area contributed by atoms with Crippen LogP contribution >= 0.6 is 23.1 Å². The summed E-state index contributed by atoms with van der Waals surface area (Å²) in [7, 11) is 1.55. The number of carbonyl (C=O) groups is 3. The van der Waals surface area contributed by atoms with Gasteiger partial charge in [-0.25, -0.2) is 4.98 Å². The first kappa shape index (κ1) is 23.0. The van der Waals surface area contributed by atoms with Gasteiger partial charge in [-0.2, -0.15) is 0 Å². The quantitative estimate of drug-likeness (QED) is 0.492. The van der Waals surface area contributed by atoms with E-state index in [1.54, 1.807) is 18.2 Å². The molecule has 0 aliphatic carbocycles. The van der Waals surface area contributed by atoms with Crippen molar-refractivity contribution < 1.29 is 23.9 Å². The van der Waals surface area contributed by atoms with Gasteiger partial charge in [0.2, 0.25) is 0 Å². The molecule has 11 heteroatoms. The molecule has 33 heavy (non-hydrogen) atoms. The lowest BCUT2D eigenvalue weighted by atomic mass is 10.1. The number of ether oxygens (including phenoxy) is 2. The second-order valence-electron chi connectivity index (χ2n) is 7.21. The third kappa shape index (κ3) is 5.27. The van der Waals surface area contributed by atoms with Gasteiger partial charge in [0.15, 0.2) is 11.4 Å². The lowest BCUT2D eigenvalue weighted by Gasteiger charge is -2.27. The fourth-order valence-corrected chi connectivity index (χ4v) is 5.23. The number of H-pyrrole nitrogens is 1. The molecule has 9 nitrogen and oxygen atoms in total. The molecule has 0 unspecified atom stereocenters. The van der Waals surface area contributed by atoms with Crippen molar-refractivity contribution in [3.63, 3.8) is 0 Å². The Bertz CT molecular complexity index is 1180. The number of rotatable bonds is 7. The third-order valence-corrected chi connectivity index (χ3v) is 7.20. The third-order valence-electron chi connectivity index (χ3n) is 5.02. The molecule has 0 saturated carbocycles. The lowest BCUT2D eigenvalue weighted by Crippen LogP contribution is -2.40. The number of methoxy groups -OCH3 is 1. The number of anilines is 1. The minimum absolute atomic E-state index is 0.0881. The first-order valence-electron chi connectivity index (χ1n) is 10.1. The predicted molar refractivity (Wildman–Crippen MR) is 125 cm³/mol.